The molecular weight excluding hydrogens is 494 g/mol. The molecule has 0 saturated heterocycles. The molecule has 0 atom stereocenters. The maximum atomic E-state index is 11.1. The number of carbonyl (C=O) groups excluding carboxylic acids is 1. The smallest absolute Gasteiger partial charge is 0.154 e. The molecule has 5 heteroatoms. The van der Waals surface area contributed by atoms with Gasteiger partial charge in [-0.2, -0.15) is 0 Å². The molecule has 1 N–H and O–H groups in total. The van der Waals surface area contributed by atoms with Gasteiger partial charge in [-0.3, -0.25) is 0 Å². The standard InChI is InChI=1S/C16H14I2O3/c1-10(19)2-3-11-8-14(17)16(15(18)9-11)21-13-6-4-12(20)5-7-13/h4-9,20H,2-3H2,1H3. The van der Waals surface area contributed by atoms with Gasteiger partial charge in [-0.25, -0.2) is 0 Å². The minimum Gasteiger partial charge on any atom is -0.508 e. The summed E-state index contributed by atoms with van der Waals surface area (Å²) in [5.74, 6) is 1.89. The van der Waals surface area contributed by atoms with Crippen LogP contribution in [-0.2, 0) is 11.2 Å². The Morgan fingerprint density at radius 1 is 1.14 bits per heavy atom. The van der Waals surface area contributed by atoms with Crippen LogP contribution in [0.3, 0.4) is 0 Å². The summed E-state index contributed by atoms with van der Waals surface area (Å²) in [5.41, 5.74) is 1.14. The summed E-state index contributed by atoms with van der Waals surface area (Å²) < 4.78 is 7.89. The van der Waals surface area contributed by atoms with Gasteiger partial charge < -0.3 is 14.6 Å². The minimum atomic E-state index is 0.199. The molecule has 0 aromatic heterocycles. The molecular formula is C16H14I2O3. The lowest BCUT2D eigenvalue weighted by atomic mass is 10.1. The number of ether oxygens (including phenoxy) is 1. The molecule has 0 saturated carbocycles. The minimum absolute atomic E-state index is 0.199. The first-order valence-electron chi connectivity index (χ1n) is 6.40. The summed E-state index contributed by atoms with van der Waals surface area (Å²) >= 11 is 4.48. The lowest BCUT2D eigenvalue weighted by molar-refractivity contribution is -0.116. The Kier molecular flexibility index (Phi) is 5.86. The van der Waals surface area contributed by atoms with Crippen molar-refractivity contribution in [3.05, 3.63) is 49.1 Å². The normalized spacial score (nSPS) is 10.4. The van der Waals surface area contributed by atoms with Crippen LogP contribution >= 0.6 is 45.2 Å². The molecule has 0 heterocycles. The van der Waals surface area contributed by atoms with Crippen LogP contribution in [0.2, 0.25) is 0 Å². The largest absolute Gasteiger partial charge is 0.508 e. The molecule has 0 aliphatic heterocycles. The summed E-state index contributed by atoms with van der Waals surface area (Å²) in [6, 6.07) is 10.7. The maximum Gasteiger partial charge on any atom is 0.154 e. The molecule has 0 bridgehead atoms. The van der Waals surface area contributed by atoms with Crippen molar-refractivity contribution in [3.63, 3.8) is 0 Å². The molecule has 0 aliphatic rings. The topological polar surface area (TPSA) is 46.5 Å². The molecule has 0 unspecified atom stereocenters. The van der Waals surface area contributed by atoms with E-state index >= 15 is 0 Å². The van der Waals surface area contributed by atoms with E-state index in [2.05, 4.69) is 45.2 Å². The van der Waals surface area contributed by atoms with Gasteiger partial charge in [-0.1, -0.05) is 0 Å². The fraction of sp³-hybridized carbons (Fsp3) is 0.188. The van der Waals surface area contributed by atoms with Gasteiger partial charge in [0.25, 0.3) is 0 Å². The molecule has 3 nitrogen and oxygen atoms in total. The van der Waals surface area contributed by atoms with Crippen LogP contribution in [0.5, 0.6) is 17.2 Å². The first-order chi connectivity index (χ1) is 9.95. The third-order valence-corrected chi connectivity index (χ3v) is 4.48. The first-order valence-corrected chi connectivity index (χ1v) is 8.55. The number of aromatic hydroxyl groups is 1. The van der Waals surface area contributed by atoms with Crippen molar-refractivity contribution in [3.8, 4) is 17.2 Å². The number of carbonyl (C=O) groups is 1. The van der Waals surface area contributed by atoms with Crippen LogP contribution in [0, 0.1) is 7.14 Å². The van der Waals surface area contributed by atoms with E-state index in [4.69, 9.17) is 4.74 Å². The van der Waals surface area contributed by atoms with Gasteiger partial charge in [0, 0.05) is 6.42 Å². The number of phenolic OH excluding ortho intramolecular Hbond substituents is 1. The van der Waals surface area contributed by atoms with Crippen molar-refractivity contribution >= 4 is 51.0 Å². The number of benzene rings is 2. The molecule has 21 heavy (non-hydrogen) atoms. The highest BCUT2D eigenvalue weighted by Gasteiger charge is 2.10. The van der Waals surface area contributed by atoms with Crippen molar-refractivity contribution in [1.82, 2.24) is 0 Å². The van der Waals surface area contributed by atoms with Crippen LogP contribution in [-0.4, -0.2) is 10.9 Å². The Morgan fingerprint density at radius 2 is 1.71 bits per heavy atom. The van der Waals surface area contributed by atoms with Gasteiger partial charge >= 0.3 is 0 Å². The van der Waals surface area contributed by atoms with E-state index in [-0.39, 0.29) is 11.5 Å². The zero-order valence-electron chi connectivity index (χ0n) is 11.4. The highest BCUT2D eigenvalue weighted by Crippen LogP contribution is 2.33. The summed E-state index contributed by atoms with van der Waals surface area (Å²) in [4.78, 5) is 11.1. The predicted octanol–water partition coefficient (Wildman–Crippen LogP) is 4.92. The van der Waals surface area contributed by atoms with Crippen LogP contribution < -0.4 is 4.74 Å². The number of Topliss-reactive ketones (excluding diaryl/α,β-unsaturated/α-hetero) is 1. The SMILES string of the molecule is CC(=O)CCc1cc(I)c(Oc2ccc(O)cc2)c(I)c1. The second kappa shape index (κ2) is 7.44. The number of rotatable bonds is 5. The van der Waals surface area contributed by atoms with Crippen LogP contribution in [0.15, 0.2) is 36.4 Å². The Morgan fingerprint density at radius 3 is 2.24 bits per heavy atom. The van der Waals surface area contributed by atoms with Gasteiger partial charge in [0.05, 0.1) is 7.14 Å². The Balaban J connectivity index is 2.20. The number of ketones is 1. The quantitative estimate of drug-likeness (QED) is 0.584. The average Bonchev–Trinajstić information content (AvgIpc) is 2.42. The predicted molar refractivity (Wildman–Crippen MR) is 99.1 cm³/mol. The highest BCUT2D eigenvalue weighted by molar-refractivity contribution is 14.1. The lowest BCUT2D eigenvalue weighted by Gasteiger charge is -2.12. The summed E-state index contributed by atoms with van der Waals surface area (Å²) in [6.07, 6.45) is 1.31. The van der Waals surface area contributed by atoms with Gasteiger partial charge in [-0.05, 0) is 100 Å². The van der Waals surface area contributed by atoms with E-state index in [1.54, 1.807) is 31.2 Å². The number of aryl methyl sites for hydroxylation is 1. The zero-order chi connectivity index (χ0) is 15.4. The fourth-order valence-corrected chi connectivity index (χ4v) is 3.92. The molecule has 2 aromatic carbocycles. The van der Waals surface area contributed by atoms with Crippen LogP contribution in [0.4, 0.5) is 0 Å². The van der Waals surface area contributed by atoms with Gasteiger partial charge in [0.2, 0.25) is 0 Å². The first kappa shape index (κ1) is 16.5. The number of hydrogen-bond donors (Lipinski definition) is 1. The molecule has 2 aromatic rings. The van der Waals surface area contributed by atoms with E-state index in [0.29, 0.717) is 12.2 Å². The van der Waals surface area contributed by atoms with Crippen LogP contribution in [0.25, 0.3) is 0 Å². The average molecular weight is 508 g/mol. The summed E-state index contributed by atoms with van der Waals surface area (Å²) in [6.45, 7) is 1.61. The second-order valence-electron chi connectivity index (χ2n) is 4.69. The third-order valence-electron chi connectivity index (χ3n) is 2.88. The Labute approximate surface area is 151 Å². The number of halogens is 2. The number of phenols is 1. The Bertz CT molecular complexity index is 628. The molecule has 0 radical (unpaired) electrons. The Hall–Kier alpha value is -0.830. The molecule has 110 valence electrons. The molecule has 0 amide bonds. The van der Waals surface area contributed by atoms with Crippen molar-refractivity contribution < 1.29 is 14.6 Å². The molecule has 0 spiro atoms. The second-order valence-corrected chi connectivity index (χ2v) is 7.01. The van der Waals surface area contributed by atoms with E-state index in [1.807, 2.05) is 12.1 Å². The zero-order valence-corrected chi connectivity index (χ0v) is 15.7. The van der Waals surface area contributed by atoms with Crippen molar-refractivity contribution in [2.75, 3.05) is 0 Å². The number of hydrogen-bond acceptors (Lipinski definition) is 3. The summed E-state index contributed by atoms with van der Waals surface area (Å²) in [7, 11) is 0. The van der Waals surface area contributed by atoms with Crippen molar-refractivity contribution in [1.29, 1.82) is 0 Å². The highest BCUT2D eigenvalue weighted by atomic mass is 127. The van der Waals surface area contributed by atoms with E-state index < -0.39 is 0 Å². The van der Waals surface area contributed by atoms with E-state index in [9.17, 15) is 9.90 Å². The molecule has 0 fully saturated rings. The lowest BCUT2D eigenvalue weighted by Crippen LogP contribution is -1.97. The van der Waals surface area contributed by atoms with E-state index in [0.717, 1.165) is 24.9 Å². The van der Waals surface area contributed by atoms with Gasteiger partial charge in [-0.15, -0.1) is 0 Å². The molecule has 0 aliphatic carbocycles. The maximum absolute atomic E-state index is 11.1. The van der Waals surface area contributed by atoms with Crippen molar-refractivity contribution in [2.45, 2.75) is 19.8 Å². The van der Waals surface area contributed by atoms with Gasteiger partial charge in [0.15, 0.2) is 5.75 Å². The summed E-state index contributed by atoms with van der Waals surface area (Å²) in [5, 5.41) is 9.29. The fourth-order valence-electron chi connectivity index (χ4n) is 1.81. The van der Waals surface area contributed by atoms with Crippen molar-refractivity contribution in [2.24, 2.45) is 0 Å². The van der Waals surface area contributed by atoms with E-state index in [1.165, 1.54) is 0 Å². The third kappa shape index (κ3) is 4.84. The monoisotopic (exact) mass is 508 g/mol. The van der Waals surface area contributed by atoms with Gasteiger partial charge in [0.1, 0.15) is 17.3 Å². The van der Waals surface area contributed by atoms with Crippen LogP contribution in [0.1, 0.15) is 18.9 Å². The molecule has 2 rings (SSSR count).